The average molecular weight is 291 g/mol. The van der Waals surface area contributed by atoms with Crippen LogP contribution in [0.15, 0.2) is 24.3 Å². The van der Waals surface area contributed by atoms with Crippen molar-refractivity contribution in [2.24, 2.45) is 0 Å². The molecule has 1 N–H and O–H groups in total. The molecule has 0 aliphatic carbocycles. The third kappa shape index (κ3) is 3.39. The van der Waals surface area contributed by atoms with Crippen LogP contribution in [-0.2, 0) is 14.1 Å². The zero-order chi connectivity index (χ0) is 15.7. The number of carbonyl (C=O) groups excluding carboxylic acids is 1. The number of likely N-dealkylation sites (N-methyl/N-ethyl adjacent to an activating group) is 1. The van der Waals surface area contributed by atoms with E-state index >= 15 is 0 Å². The summed E-state index contributed by atoms with van der Waals surface area (Å²) in [5, 5.41) is 2.51. The Morgan fingerprint density at radius 2 is 1.86 bits per heavy atom. The second kappa shape index (κ2) is 5.69. The van der Waals surface area contributed by atoms with Crippen molar-refractivity contribution in [2.45, 2.75) is 38.9 Å². The highest BCUT2D eigenvalue weighted by molar-refractivity contribution is 6.62. The highest BCUT2D eigenvalue weighted by atomic mass is 16.7. The minimum atomic E-state index is -0.432. The van der Waals surface area contributed by atoms with Crippen molar-refractivity contribution in [1.82, 2.24) is 5.32 Å². The first kappa shape index (κ1) is 15.9. The Bertz CT molecular complexity index is 514. The standard InChI is InChI=1S/C15H22BNO4/c1-14(2)15(3,4)21-16(20-14)11-7-6-8-12(9-11)19-10-13(18)17-5/h6-9H,10H2,1-5H3,(H,17,18). The Morgan fingerprint density at radius 3 is 2.43 bits per heavy atom. The summed E-state index contributed by atoms with van der Waals surface area (Å²) >= 11 is 0. The second-order valence-electron chi connectivity index (χ2n) is 6.12. The molecule has 0 atom stereocenters. The molecule has 1 aromatic rings. The van der Waals surface area contributed by atoms with Crippen molar-refractivity contribution in [3.05, 3.63) is 24.3 Å². The Morgan fingerprint density at radius 1 is 1.24 bits per heavy atom. The molecule has 0 aromatic heterocycles. The molecule has 1 aliphatic rings. The lowest BCUT2D eigenvalue weighted by molar-refractivity contribution is -0.122. The van der Waals surface area contributed by atoms with Crippen LogP contribution in [0, 0.1) is 0 Å². The molecule has 1 amide bonds. The van der Waals surface area contributed by atoms with Gasteiger partial charge in [0.2, 0.25) is 0 Å². The minimum Gasteiger partial charge on any atom is -0.484 e. The molecule has 0 spiro atoms. The van der Waals surface area contributed by atoms with Gasteiger partial charge in [0.15, 0.2) is 6.61 Å². The summed E-state index contributed by atoms with van der Waals surface area (Å²) < 4.78 is 17.4. The van der Waals surface area contributed by atoms with Crippen LogP contribution >= 0.6 is 0 Å². The van der Waals surface area contributed by atoms with E-state index < -0.39 is 7.12 Å². The lowest BCUT2D eigenvalue weighted by Crippen LogP contribution is -2.41. The van der Waals surface area contributed by atoms with Crippen molar-refractivity contribution in [2.75, 3.05) is 13.7 Å². The Kier molecular flexibility index (Phi) is 4.30. The van der Waals surface area contributed by atoms with Gasteiger partial charge in [-0.3, -0.25) is 4.79 Å². The molecule has 1 saturated heterocycles. The topological polar surface area (TPSA) is 56.8 Å². The Hall–Kier alpha value is -1.53. The number of ether oxygens (including phenoxy) is 1. The molecule has 1 fully saturated rings. The number of benzene rings is 1. The lowest BCUT2D eigenvalue weighted by atomic mass is 9.79. The molecule has 0 saturated carbocycles. The number of hydrogen-bond acceptors (Lipinski definition) is 4. The Balaban J connectivity index is 2.10. The maximum atomic E-state index is 11.2. The van der Waals surface area contributed by atoms with E-state index in [-0.39, 0.29) is 23.7 Å². The van der Waals surface area contributed by atoms with Crippen molar-refractivity contribution in [3.8, 4) is 5.75 Å². The van der Waals surface area contributed by atoms with Crippen LogP contribution in [0.3, 0.4) is 0 Å². The molecule has 21 heavy (non-hydrogen) atoms. The normalized spacial score (nSPS) is 19.4. The van der Waals surface area contributed by atoms with Gasteiger partial charge in [-0.1, -0.05) is 12.1 Å². The van der Waals surface area contributed by atoms with Crippen LogP contribution in [0.4, 0.5) is 0 Å². The van der Waals surface area contributed by atoms with E-state index in [9.17, 15) is 4.79 Å². The van der Waals surface area contributed by atoms with Crippen molar-refractivity contribution in [1.29, 1.82) is 0 Å². The molecule has 0 radical (unpaired) electrons. The maximum Gasteiger partial charge on any atom is 0.494 e. The van der Waals surface area contributed by atoms with E-state index in [0.29, 0.717) is 5.75 Å². The van der Waals surface area contributed by atoms with Gasteiger partial charge in [0.05, 0.1) is 11.2 Å². The summed E-state index contributed by atoms with van der Waals surface area (Å²) in [5.41, 5.74) is 0.121. The quantitative estimate of drug-likeness (QED) is 0.844. The van der Waals surface area contributed by atoms with Gasteiger partial charge in [-0.15, -0.1) is 0 Å². The van der Waals surface area contributed by atoms with Crippen molar-refractivity contribution in [3.63, 3.8) is 0 Å². The predicted octanol–water partition coefficient (Wildman–Crippen LogP) is 1.11. The summed E-state index contributed by atoms with van der Waals surface area (Å²) in [7, 11) is 1.14. The van der Waals surface area contributed by atoms with E-state index in [1.54, 1.807) is 13.1 Å². The Labute approximate surface area is 126 Å². The SMILES string of the molecule is CNC(=O)COc1cccc(B2OC(C)(C)C(C)(C)O2)c1. The number of nitrogens with one attached hydrogen (secondary N) is 1. The zero-order valence-corrected chi connectivity index (χ0v) is 13.2. The number of rotatable bonds is 4. The molecule has 2 rings (SSSR count). The zero-order valence-electron chi connectivity index (χ0n) is 13.2. The van der Waals surface area contributed by atoms with E-state index in [1.165, 1.54) is 0 Å². The number of carbonyl (C=O) groups is 1. The molecule has 0 bridgehead atoms. The molecule has 1 aromatic carbocycles. The third-order valence-electron chi connectivity index (χ3n) is 4.03. The summed E-state index contributed by atoms with van der Waals surface area (Å²) in [5.74, 6) is 0.446. The summed E-state index contributed by atoms with van der Waals surface area (Å²) in [4.78, 5) is 11.2. The first-order valence-electron chi connectivity index (χ1n) is 7.04. The summed E-state index contributed by atoms with van der Waals surface area (Å²) in [6.45, 7) is 8.04. The van der Waals surface area contributed by atoms with Crippen LogP contribution in [0.2, 0.25) is 0 Å². The molecular formula is C15H22BNO4. The van der Waals surface area contributed by atoms with Gasteiger partial charge in [-0.25, -0.2) is 0 Å². The monoisotopic (exact) mass is 291 g/mol. The molecule has 6 heteroatoms. The minimum absolute atomic E-state index is 0.0106. The third-order valence-corrected chi connectivity index (χ3v) is 4.03. The fourth-order valence-corrected chi connectivity index (χ4v) is 1.95. The van der Waals surface area contributed by atoms with Crippen molar-refractivity contribution >= 4 is 18.5 Å². The lowest BCUT2D eigenvalue weighted by Gasteiger charge is -2.32. The predicted molar refractivity (Wildman–Crippen MR) is 81.7 cm³/mol. The second-order valence-corrected chi connectivity index (χ2v) is 6.12. The van der Waals surface area contributed by atoms with Gasteiger partial charge < -0.3 is 19.4 Å². The molecule has 5 nitrogen and oxygen atoms in total. The van der Waals surface area contributed by atoms with Crippen LogP contribution in [0.5, 0.6) is 5.75 Å². The van der Waals surface area contributed by atoms with Gasteiger partial charge in [0.1, 0.15) is 5.75 Å². The first-order valence-corrected chi connectivity index (χ1v) is 7.04. The van der Waals surface area contributed by atoms with Gasteiger partial charge >= 0.3 is 7.12 Å². The van der Waals surface area contributed by atoms with Crippen LogP contribution in [-0.4, -0.2) is 37.9 Å². The van der Waals surface area contributed by atoms with Gasteiger partial charge in [0, 0.05) is 7.05 Å². The van der Waals surface area contributed by atoms with Crippen molar-refractivity contribution < 1.29 is 18.8 Å². The molecule has 114 valence electrons. The first-order chi connectivity index (χ1) is 9.75. The van der Waals surface area contributed by atoms with Gasteiger partial charge in [-0.05, 0) is 45.3 Å². The number of amides is 1. The largest absolute Gasteiger partial charge is 0.494 e. The molecule has 1 heterocycles. The average Bonchev–Trinajstić information content (AvgIpc) is 2.65. The van der Waals surface area contributed by atoms with E-state index in [2.05, 4.69) is 5.32 Å². The fraction of sp³-hybridized carbons (Fsp3) is 0.533. The van der Waals surface area contributed by atoms with Crippen LogP contribution < -0.4 is 15.5 Å². The molecular weight excluding hydrogens is 269 g/mol. The van der Waals surface area contributed by atoms with E-state index in [4.69, 9.17) is 14.0 Å². The molecule has 1 aliphatic heterocycles. The maximum absolute atomic E-state index is 11.2. The fourth-order valence-electron chi connectivity index (χ4n) is 1.95. The van der Waals surface area contributed by atoms with E-state index in [0.717, 1.165) is 5.46 Å². The highest BCUT2D eigenvalue weighted by Crippen LogP contribution is 2.36. The summed E-state index contributed by atoms with van der Waals surface area (Å²) in [6.07, 6.45) is 0. The van der Waals surface area contributed by atoms with Crippen LogP contribution in [0.25, 0.3) is 0 Å². The summed E-state index contributed by atoms with van der Waals surface area (Å²) in [6, 6.07) is 7.43. The van der Waals surface area contributed by atoms with Crippen LogP contribution in [0.1, 0.15) is 27.7 Å². The van der Waals surface area contributed by atoms with Gasteiger partial charge in [0.25, 0.3) is 5.91 Å². The van der Waals surface area contributed by atoms with E-state index in [1.807, 2.05) is 45.9 Å². The smallest absolute Gasteiger partial charge is 0.484 e. The number of hydrogen-bond donors (Lipinski definition) is 1. The highest BCUT2D eigenvalue weighted by Gasteiger charge is 2.51. The van der Waals surface area contributed by atoms with Gasteiger partial charge in [-0.2, -0.15) is 0 Å². The molecule has 0 unspecified atom stereocenters.